The van der Waals surface area contributed by atoms with E-state index in [1.54, 1.807) is 38.1 Å². The zero-order valence-corrected chi connectivity index (χ0v) is 11.0. The predicted molar refractivity (Wildman–Crippen MR) is 68.7 cm³/mol. The maximum atomic E-state index is 11.9. The minimum atomic E-state index is -2.60. The van der Waals surface area contributed by atoms with Gasteiger partial charge in [0.05, 0.1) is 13.2 Å². The number of nitrogens with zero attached hydrogens (tertiary/aromatic N) is 2. The molecule has 1 aliphatic rings. The van der Waals surface area contributed by atoms with Gasteiger partial charge in [-0.2, -0.15) is 5.10 Å². The summed E-state index contributed by atoms with van der Waals surface area (Å²) in [5.41, 5.74) is 0.339. The van der Waals surface area contributed by atoms with Gasteiger partial charge >= 0.3 is 5.91 Å². The number of hydrogen-bond donors (Lipinski definition) is 2. The number of ether oxygens (including phenoxy) is 1. The minimum Gasteiger partial charge on any atom is -0.497 e. The summed E-state index contributed by atoms with van der Waals surface area (Å²) in [5.74, 6) is -2.90. The summed E-state index contributed by atoms with van der Waals surface area (Å²) in [6.45, 7) is 3.48. The molecule has 19 heavy (non-hydrogen) atoms. The number of aliphatic hydroxyl groups is 2. The molecule has 0 saturated heterocycles. The van der Waals surface area contributed by atoms with E-state index < -0.39 is 11.7 Å². The molecule has 2 rings (SSSR count). The molecule has 0 radical (unpaired) electrons. The molecule has 0 spiro atoms. The van der Waals surface area contributed by atoms with Crippen molar-refractivity contribution in [3.05, 3.63) is 29.8 Å². The van der Waals surface area contributed by atoms with Crippen molar-refractivity contribution in [3.8, 4) is 5.75 Å². The Bertz CT molecular complexity index is 537. The molecule has 0 unspecified atom stereocenters. The first-order valence-corrected chi connectivity index (χ1v) is 5.90. The molecular formula is C13H16N2O4. The Balaban J connectivity index is 2.47. The number of amides is 1. The number of carbonyl (C=O) groups is 1. The number of carbonyl (C=O) groups excluding carboxylic acids is 1. The normalized spacial score (nSPS) is 17.9. The molecule has 1 aromatic carbocycles. The number of rotatable bonds is 3. The van der Waals surface area contributed by atoms with Crippen molar-refractivity contribution >= 4 is 11.6 Å². The molecule has 1 aromatic rings. The van der Waals surface area contributed by atoms with E-state index in [0.29, 0.717) is 11.3 Å². The highest BCUT2D eigenvalue weighted by Gasteiger charge is 2.50. The van der Waals surface area contributed by atoms with Gasteiger partial charge in [0, 0.05) is 5.56 Å². The van der Waals surface area contributed by atoms with Crippen molar-refractivity contribution in [2.24, 2.45) is 5.10 Å². The van der Waals surface area contributed by atoms with Crippen LogP contribution in [0.2, 0.25) is 0 Å². The molecule has 0 bridgehead atoms. The molecule has 6 heteroatoms. The molecule has 1 aliphatic heterocycles. The van der Waals surface area contributed by atoms with E-state index in [9.17, 15) is 15.0 Å². The summed E-state index contributed by atoms with van der Waals surface area (Å²) >= 11 is 0. The van der Waals surface area contributed by atoms with Crippen LogP contribution in [0.25, 0.3) is 0 Å². The fourth-order valence-corrected chi connectivity index (χ4v) is 1.86. The van der Waals surface area contributed by atoms with Crippen LogP contribution < -0.4 is 4.74 Å². The van der Waals surface area contributed by atoms with E-state index in [4.69, 9.17) is 4.74 Å². The third kappa shape index (κ3) is 2.20. The third-order valence-corrected chi connectivity index (χ3v) is 2.88. The Morgan fingerprint density at radius 1 is 1.37 bits per heavy atom. The van der Waals surface area contributed by atoms with Crippen LogP contribution in [0, 0.1) is 0 Å². The lowest BCUT2D eigenvalue weighted by Gasteiger charge is -2.19. The van der Waals surface area contributed by atoms with Gasteiger partial charge in [-0.05, 0) is 26.0 Å². The summed E-state index contributed by atoms with van der Waals surface area (Å²) < 4.78 is 5.07. The highest BCUT2D eigenvalue weighted by atomic mass is 16.5. The van der Waals surface area contributed by atoms with Gasteiger partial charge in [0.25, 0.3) is 5.79 Å². The first kappa shape index (κ1) is 13.5. The van der Waals surface area contributed by atoms with Crippen LogP contribution in [0.1, 0.15) is 19.4 Å². The van der Waals surface area contributed by atoms with Crippen molar-refractivity contribution in [2.45, 2.75) is 25.7 Å². The Hall–Kier alpha value is -1.92. The topological polar surface area (TPSA) is 82.4 Å². The number of hydrogen-bond acceptors (Lipinski definition) is 5. The van der Waals surface area contributed by atoms with Crippen LogP contribution in [0.5, 0.6) is 5.75 Å². The third-order valence-electron chi connectivity index (χ3n) is 2.88. The van der Waals surface area contributed by atoms with E-state index in [1.807, 2.05) is 0 Å². The van der Waals surface area contributed by atoms with Gasteiger partial charge < -0.3 is 14.9 Å². The largest absolute Gasteiger partial charge is 0.497 e. The Morgan fingerprint density at radius 2 is 2.05 bits per heavy atom. The van der Waals surface area contributed by atoms with Gasteiger partial charge in [-0.15, -0.1) is 0 Å². The first-order valence-electron chi connectivity index (χ1n) is 5.90. The fraction of sp³-hybridized carbons (Fsp3) is 0.385. The quantitative estimate of drug-likeness (QED) is 0.771. The van der Waals surface area contributed by atoms with Crippen LogP contribution in [0.4, 0.5) is 0 Å². The van der Waals surface area contributed by atoms with E-state index >= 15 is 0 Å². The molecular weight excluding hydrogens is 248 g/mol. The van der Waals surface area contributed by atoms with E-state index in [2.05, 4.69) is 5.10 Å². The summed E-state index contributed by atoms with van der Waals surface area (Å²) in [5, 5.41) is 25.0. The van der Waals surface area contributed by atoms with Gasteiger partial charge in [-0.25, -0.2) is 5.01 Å². The second kappa shape index (κ2) is 4.64. The van der Waals surface area contributed by atoms with Gasteiger partial charge in [-0.1, -0.05) is 12.1 Å². The molecule has 0 aromatic heterocycles. The van der Waals surface area contributed by atoms with E-state index in [0.717, 1.165) is 5.01 Å². The SMILES string of the molecule is COc1cccc(C2=NN(C(C)C)C(=O)C2(O)O)c1. The molecule has 102 valence electrons. The van der Waals surface area contributed by atoms with Gasteiger partial charge in [0.15, 0.2) is 0 Å². The Kier molecular flexibility index (Phi) is 3.30. The van der Waals surface area contributed by atoms with Crippen LogP contribution >= 0.6 is 0 Å². The van der Waals surface area contributed by atoms with Crippen molar-refractivity contribution in [2.75, 3.05) is 7.11 Å². The van der Waals surface area contributed by atoms with Gasteiger partial charge in [0.2, 0.25) is 0 Å². The van der Waals surface area contributed by atoms with Crippen molar-refractivity contribution in [1.29, 1.82) is 0 Å². The van der Waals surface area contributed by atoms with Crippen molar-refractivity contribution in [3.63, 3.8) is 0 Å². The molecule has 2 N–H and O–H groups in total. The number of hydrazone groups is 1. The second-order valence-electron chi connectivity index (χ2n) is 4.60. The van der Waals surface area contributed by atoms with Crippen LogP contribution in [0.15, 0.2) is 29.4 Å². The monoisotopic (exact) mass is 264 g/mol. The standard InChI is InChI=1S/C13H16N2O4/c1-8(2)15-12(16)13(17,18)11(14-15)9-5-4-6-10(7-9)19-3/h4-8,17-18H,1-3H3. The predicted octanol–water partition coefficient (Wildman–Crippen LogP) is 0.331. The zero-order valence-electron chi connectivity index (χ0n) is 11.0. The highest BCUT2D eigenvalue weighted by Crippen LogP contribution is 2.26. The Labute approximate surface area is 110 Å². The average Bonchev–Trinajstić information content (AvgIpc) is 2.61. The van der Waals surface area contributed by atoms with Crippen LogP contribution in [-0.2, 0) is 4.79 Å². The van der Waals surface area contributed by atoms with Crippen molar-refractivity contribution in [1.82, 2.24) is 5.01 Å². The summed E-state index contributed by atoms with van der Waals surface area (Å²) in [6, 6.07) is 6.39. The summed E-state index contributed by atoms with van der Waals surface area (Å²) in [4.78, 5) is 11.9. The number of benzene rings is 1. The molecule has 1 amide bonds. The molecule has 0 saturated carbocycles. The smallest absolute Gasteiger partial charge is 0.309 e. The Morgan fingerprint density at radius 3 is 2.58 bits per heavy atom. The van der Waals surface area contributed by atoms with E-state index in [-0.39, 0.29) is 11.8 Å². The maximum Gasteiger partial charge on any atom is 0.309 e. The summed E-state index contributed by atoms with van der Waals surface area (Å²) in [6.07, 6.45) is 0. The fourth-order valence-electron chi connectivity index (χ4n) is 1.86. The molecule has 0 fully saturated rings. The molecule has 0 aliphatic carbocycles. The molecule has 0 atom stereocenters. The van der Waals surface area contributed by atoms with Crippen molar-refractivity contribution < 1.29 is 19.7 Å². The lowest BCUT2D eigenvalue weighted by atomic mass is 10.0. The van der Waals surface area contributed by atoms with Gasteiger partial charge in [0.1, 0.15) is 11.5 Å². The number of methoxy groups -OCH3 is 1. The zero-order chi connectivity index (χ0) is 14.2. The molecule has 1 heterocycles. The minimum absolute atomic E-state index is 0.0925. The summed E-state index contributed by atoms with van der Waals surface area (Å²) in [7, 11) is 1.51. The molecule has 6 nitrogen and oxygen atoms in total. The second-order valence-corrected chi connectivity index (χ2v) is 4.60. The van der Waals surface area contributed by atoms with E-state index in [1.165, 1.54) is 7.11 Å². The lowest BCUT2D eigenvalue weighted by molar-refractivity contribution is -0.169. The van der Waals surface area contributed by atoms with Crippen LogP contribution in [0.3, 0.4) is 0 Å². The average molecular weight is 264 g/mol. The highest BCUT2D eigenvalue weighted by molar-refractivity contribution is 6.20. The van der Waals surface area contributed by atoms with Crippen LogP contribution in [-0.4, -0.2) is 45.8 Å². The first-order chi connectivity index (χ1) is 8.87. The van der Waals surface area contributed by atoms with Gasteiger partial charge in [-0.3, -0.25) is 4.79 Å². The lowest BCUT2D eigenvalue weighted by Crippen LogP contribution is -2.47. The maximum absolute atomic E-state index is 11.9.